The summed E-state index contributed by atoms with van der Waals surface area (Å²) >= 11 is 0. The van der Waals surface area contributed by atoms with Crippen LogP contribution in [0.4, 0.5) is 5.69 Å². The van der Waals surface area contributed by atoms with Crippen molar-refractivity contribution in [1.82, 2.24) is 15.0 Å². The Labute approximate surface area is 130 Å². The minimum Gasteiger partial charge on any atom is -0.454 e. The number of nitro benzene ring substituents is 1. The van der Waals surface area contributed by atoms with Crippen molar-refractivity contribution < 1.29 is 14.4 Å². The average Bonchev–Trinajstić information content (AvgIpc) is 3.23. The van der Waals surface area contributed by atoms with E-state index in [9.17, 15) is 10.1 Å². The van der Waals surface area contributed by atoms with Gasteiger partial charge in [-0.1, -0.05) is 17.3 Å². The molecule has 0 saturated carbocycles. The van der Waals surface area contributed by atoms with Crippen LogP contribution in [-0.2, 0) is 0 Å². The number of nitrogens with zero attached hydrogens (tertiary/aromatic N) is 4. The third-order valence-corrected chi connectivity index (χ3v) is 3.47. The summed E-state index contributed by atoms with van der Waals surface area (Å²) in [5, 5.41) is 19.0. The molecule has 0 bridgehead atoms. The number of fused-ring (bicyclic) bond motifs is 1. The molecule has 0 radical (unpaired) electrons. The maximum absolute atomic E-state index is 10.9. The van der Waals surface area contributed by atoms with Crippen LogP contribution in [0.5, 0.6) is 11.5 Å². The molecule has 2 aromatic carbocycles. The fraction of sp³-hybridized carbons (Fsp3) is 0.0667. The van der Waals surface area contributed by atoms with Gasteiger partial charge in [-0.05, 0) is 12.1 Å². The highest BCUT2D eigenvalue weighted by Crippen LogP contribution is 2.33. The summed E-state index contributed by atoms with van der Waals surface area (Å²) in [6, 6.07) is 11.7. The topological polar surface area (TPSA) is 92.3 Å². The lowest BCUT2D eigenvalue weighted by Crippen LogP contribution is -1.94. The monoisotopic (exact) mass is 310 g/mol. The normalized spacial score (nSPS) is 12.3. The molecule has 8 heteroatoms. The third-order valence-electron chi connectivity index (χ3n) is 3.47. The van der Waals surface area contributed by atoms with Crippen molar-refractivity contribution in [3.05, 3.63) is 58.8 Å². The smallest absolute Gasteiger partial charge is 0.270 e. The third kappa shape index (κ3) is 2.35. The van der Waals surface area contributed by atoms with Gasteiger partial charge in [0, 0.05) is 23.8 Å². The summed E-state index contributed by atoms with van der Waals surface area (Å²) in [5.41, 5.74) is 1.95. The molecule has 0 aliphatic carbocycles. The first-order valence-electron chi connectivity index (χ1n) is 6.78. The molecule has 0 N–H and O–H groups in total. The number of benzene rings is 2. The Morgan fingerprint density at radius 2 is 2.00 bits per heavy atom. The van der Waals surface area contributed by atoms with E-state index in [-0.39, 0.29) is 12.5 Å². The van der Waals surface area contributed by atoms with Gasteiger partial charge in [0.05, 0.1) is 16.8 Å². The zero-order valence-corrected chi connectivity index (χ0v) is 11.7. The van der Waals surface area contributed by atoms with Gasteiger partial charge in [-0.25, -0.2) is 4.68 Å². The highest BCUT2D eigenvalue weighted by molar-refractivity contribution is 5.62. The van der Waals surface area contributed by atoms with E-state index in [1.807, 2.05) is 6.07 Å². The summed E-state index contributed by atoms with van der Waals surface area (Å²) in [6.07, 6.45) is 1.70. The van der Waals surface area contributed by atoms with Crippen LogP contribution in [0.2, 0.25) is 0 Å². The molecule has 0 saturated heterocycles. The average molecular weight is 310 g/mol. The predicted molar refractivity (Wildman–Crippen MR) is 79.6 cm³/mol. The maximum Gasteiger partial charge on any atom is 0.270 e. The van der Waals surface area contributed by atoms with Crippen molar-refractivity contribution in [3.8, 4) is 28.4 Å². The Bertz CT molecular complexity index is 906. The van der Waals surface area contributed by atoms with Crippen LogP contribution in [-0.4, -0.2) is 26.7 Å². The molecule has 8 nitrogen and oxygen atoms in total. The Morgan fingerprint density at radius 1 is 1.13 bits per heavy atom. The fourth-order valence-electron chi connectivity index (χ4n) is 2.33. The lowest BCUT2D eigenvalue weighted by Gasteiger charge is -2.01. The van der Waals surface area contributed by atoms with E-state index in [1.165, 1.54) is 12.1 Å². The summed E-state index contributed by atoms with van der Waals surface area (Å²) in [5.74, 6) is 1.34. The number of aromatic nitrogens is 3. The number of hydrogen-bond acceptors (Lipinski definition) is 6. The van der Waals surface area contributed by atoms with Crippen LogP contribution in [0.25, 0.3) is 16.9 Å². The van der Waals surface area contributed by atoms with Gasteiger partial charge < -0.3 is 9.47 Å². The van der Waals surface area contributed by atoms with Crippen molar-refractivity contribution in [2.24, 2.45) is 0 Å². The Balaban J connectivity index is 1.69. The second kappa shape index (κ2) is 5.09. The molecule has 0 unspecified atom stereocenters. The van der Waals surface area contributed by atoms with Crippen molar-refractivity contribution in [2.75, 3.05) is 6.79 Å². The van der Waals surface area contributed by atoms with Crippen LogP contribution in [0.15, 0.2) is 48.7 Å². The first-order chi connectivity index (χ1) is 11.2. The van der Waals surface area contributed by atoms with Crippen molar-refractivity contribution >= 4 is 5.69 Å². The lowest BCUT2D eigenvalue weighted by molar-refractivity contribution is -0.384. The quantitative estimate of drug-likeness (QED) is 0.545. The first kappa shape index (κ1) is 13.3. The van der Waals surface area contributed by atoms with Gasteiger partial charge in [0.25, 0.3) is 5.69 Å². The number of nitro groups is 1. The van der Waals surface area contributed by atoms with E-state index in [4.69, 9.17) is 9.47 Å². The predicted octanol–water partition coefficient (Wildman–Crippen LogP) is 2.57. The first-order valence-corrected chi connectivity index (χ1v) is 6.78. The molecular weight excluding hydrogens is 300 g/mol. The highest BCUT2D eigenvalue weighted by atomic mass is 16.7. The molecule has 0 atom stereocenters. The van der Waals surface area contributed by atoms with Gasteiger partial charge in [0.15, 0.2) is 11.5 Å². The van der Waals surface area contributed by atoms with E-state index in [0.29, 0.717) is 22.8 Å². The summed E-state index contributed by atoms with van der Waals surface area (Å²) < 4.78 is 12.2. The molecule has 0 spiro atoms. The van der Waals surface area contributed by atoms with E-state index in [0.717, 1.165) is 5.69 Å². The largest absolute Gasteiger partial charge is 0.454 e. The van der Waals surface area contributed by atoms with Crippen molar-refractivity contribution in [3.63, 3.8) is 0 Å². The van der Waals surface area contributed by atoms with Crippen molar-refractivity contribution in [1.29, 1.82) is 0 Å². The SMILES string of the molecule is O=[N+]([O-])c1cccc(-c2cn(-c3ccc4c(c3)OCO4)nn2)c1. The zero-order valence-electron chi connectivity index (χ0n) is 11.7. The summed E-state index contributed by atoms with van der Waals surface area (Å²) in [6.45, 7) is 0.203. The number of ether oxygens (including phenoxy) is 2. The molecule has 4 rings (SSSR count). The second-order valence-electron chi connectivity index (χ2n) is 4.89. The van der Waals surface area contributed by atoms with Gasteiger partial charge in [-0.15, -0.1) is 5.10 Å². The van der Waals surface area contributed by atoms with E-state index in [2.05, 4.69) is 10.3 Å². The van der Waals surface area contributed by atoms with Gasteiger partial charge >= 0.3 is 0 Å². The molecule has 1 aliphatic heterocycles. The van der Waals surface area contributed by atoms with Gasteiger partial charge in [0.1, 0.15) is 5.69 Å². The summed E-state index contributed by atoms with van der Waals surface area (Å²) in [7, 11) is 0. The van der Waals surface area contributed by atoms with E-state index < -0.39 is 4.92 Å². The van der Waals surface area contributed by atoms with Crippen LogP contribution >= 0.6 is 0 Å². The Kier molecular flexibility index (Phi) is 2.94. The molecule has 0 amide bonds. The molecule has 23 heavy (non-hydrogen) atoms. The Hall–Kier alpha value is -3.42. The molecule has 114 valence electrons. The van der Waals surface area contributed by atoms with Crippen LogP contribution < -0.4 is 9.47 Å². The second-order valence-corrected chi connectivity index (χ2v) is 4.89. The van der Waals surface area contributed by atoms with E-state index in [1.54, 1.807) is 35.1 Å². The number of hydrogen-bond donors (Lipinski definition) is 0. The lowest BCUT2D eigenvalue weighted by atomic mass is 10.1. The molecule has 1 aromatic heterocycles. The summed E-state index contributed by atoms with van der Waals surface area (Å²) in [4.78, 5) is 10.4. The fourth-order valence-corrected chi connectivity index (χ4v) is 2.33. The van der Waals surface area contributed by atoms with Gasteiger partial charge in [-0.2, -0.15) is 0 Å². The van der Waals surface area contributed by atoms with E-state index >= 15 is 0 Å². The van der Waals surface area contributed by atoms with Gasteiger partial charge in [-0.3, -0.25) is 10.1 Å². The highest BCUT2D eigenvalue weighted by Gasteiger charge is 2.15. The number of rotatable bonds is 3. The Morgan fingerprint density at radius 3 is 2.87 bits per heavy atom. The zero-order chi connectivity index (χ0) is 15.8. The van der Waals surface area contributed by atoms with Crippen LogP contribution in [0, 0.1) is 10.1 Å². The molecular formula is C15H10N4O4. The van der Waals surface area contributed by atoms with Crippen LogP contribution in [0.1, 0.15) is 0 Å². The minimum absolute atomic E-state index is 0.0140. The van der Waals surface area contributed by atoms with Crippen LogP contribution in [0.3, 0.4) is 0 Å². The number of non-ortho nitro benzene ring substituents is 1. The van der Waals surface area contributed by atoms with Gasteiger partial charge in [0.2, 0.25) is 6.79 Å². The molecule has 1 aliphatic rings. The molecule has 0 fully saturated rings. The standard InChI is InChI=1S/C15H10N4O4/c20-19(21)12-3-1-2-10(6-12)13-8-18(17-16-13)11-4-5-14-15(7-11)23-9-22-14/h1-8H,9H2. The molecule has 2 heterocycles. The maximum atomic E-state index is 10.9. The molecule has 3 aromatic rings. The van der Waals surface area contributed by atoms with Crippen molar-refractivity contribution in [2.45, 2.75) is 0 Å². The minimum atomic E-state index is -0.439.